The number of nitrogens with zero attached hydrogens (tertiary/aromatic N) is 2. The molecule has 8 heteroatoms. The third kappa shape index (κ3) is 5.66. The normalized spacial score (nSPS) is 10.9. The van der Waals surface area contributed by atoms with Gasteiger partial charge in [-0.3, -0.25) is 5.41 Å². The molecule has 1 aromatic heterocycles. The van der Waals surface area contributed by atoms with Crippen molar-refractivity contribution in [1.29, 1.82) is 5.41 Å². The summed E-state index contributed by atoms with van der Waals surface area (Å²) in [6.07, 6.45) is 1.62. The number of halogens is 1. The zero-order valence-corrected chi connectivity index (χ0v) is 20.6. The number of anilines is 2. The lowest BCUT2D eigenvalue weighted by molar-refractivity contribution is 0.229. The van der Waals surface area contributed by atoms with E-state index in [9.17, 15) is 0 Å². The van der Waals surface area contributed by atoms with Gasteiger partial charge in [0, 0.05) is 35.1 Å². The van der Waals surface area contributed by atoms with E-state index in [-0.39, 0.29) is 29.9 Å². The van der Waals surface area contributed by atoms with Gasteiger partial charge >= 0.3 is 0 Å². The highest BCUT2D eigenvalue weighted by molar-refractivity contribution is 5.95. The number of nitrogens with one attached hydrogen (secondary N) is 2. The molecule has 0 amide bonds. The lowest BCUT2D eigenvalue weighted by atomic mass is 10.1. The van der Waals surface area contributed by atoms with Gasteiger partial charge in [-0.25, -0.2) is 9.37 Å². The summed E-state index contributed by atoms with van der Waals surface area (Å²) in [5.74, 6) is 0.721. The Morgan fingerprint density at radius 1 is 1.11 bits per heavy atom. The van der Waals surface area contributed by atoms with E-state index in [1.807, 2.05) is 57.3 Å². The Bertz CT molecular complexity index is 1320. The van der Waals surface area contributed by atoms with Gasteiger partial charge in [0.2, 0.25) is 0 Å². The second kappa shape index (κ2) is 10.9. The third-order valence-electron chi connectivity index (χ3n) is 5.46. The fourth-order valence-corrected chi connectivity index (χ4v) is 3.83. The number of rotatable bonds is 10. The van der Waals surface area contributed by atoms with Gasteiger partial charge in [0.15, 0.2) is 11.6 Å². The number of hydrogen-bond donors (Lipinski definition) is 3. The maximum atomic E-state index is 15.9. The Morgan fingerprint density at radius 2 is 1.83 bits per heavy atom. The predicted molar refractivity (Wildman–Crippen MR) is 141 cm³/mol. The molecule has 0 aliphatic rings. The van der Waals surface area contributed by atoms with E-state index in [0.29, 0.717) is 29.4 Å². The molecule has 0 radical (unpaired) electrons. The average molecular weight is 488 g/mol. The molecule has 0 aliphatic carbocycles. The topological polar surface area (TPSA) is 100 Å². The smallest absolute Gasteiger partial charge is 0.188 e. The zero-order chi connectivity index (χ0) is 25.7. The molecule has 4 rings (SSSR count). The van der Waals surface area contributed by atoms with Gasteiger partial charge in [-0.2, -0.15) is 0 Å². The van der Waals surface area contributed by atoms with Gasteiger partial charge in [-0.05, 0) is 45.0 Å². The first-order chi connectivity index (χ1) is 17.4. The minimum Gasteiger partial charge on any atom is -0.494 e. The van der Waals surface area contributed by atoms with Crippen molar-refractivity contribution >= 4 is 17.2 Å². The Hall–Kier alpha value is -4.33. The molecule has 0 fully saturated rings. The highest BCUT2D eigenvalue weighted by Gasteiger charge is 2.22. The van der Waals surface area contributed by atoms with Crippen molar-refractivity contribution in [2.24, 2.45) is 5.73 Å². The first-order valence-electron chi connectivity index (χ1n) is 11.8. The van der Waals surface area contributed by atoms with E-state index in [1.54, 1.807) is 41.3 Å². The number of amidine groups is 1. The zero-order valence-electron chi connectivity index (χ0n) is 20.6. The largest absolute Gasteiger partial charge is 0.494 e. The second-order valence-corrected chi connectivity index (χ2v) is 8.50. The molecule has 1 heterocycles. The number of benzene rings is 3. The maximum absolute atomic E-state index is 15.9. The summed E-state index contributed by atoms with van der Waals surface area (Å²) in [7, 11) is 0. The second-order valence-electron chi connectivity index (χ2n) is 8.50. The van der Waals surface area contributed by atoms with Gasteiger partial charge in [0.05, 0.1) is 30.6 Å². The highest BCUT2D eigenvalue weighted by Crippen LogP contribution is 2.38. The first-order valence-corrected chi connectivity index (χ1v) is 11.8. The molecule has 0 spiro atoms. The van der Waals surface area contributed by atoms with Crippen molar-refractivity contribution in [3.8, 4) is 22.8 Å². The van der Waals surface area contributed by atoms with Crippen LogP contribution in [0, 0.1) is 11.2 Å². The van der Waals surface area contributed by atoms with Crippen LogP contribution >= 0.6 is 0 Å². The molecule has 0 unspecified atom stereocenters. The van der Waals surface area contributed by atoms with Gasteiger partial charge < -0.3 is 25.1 Å². The van der Waals surface area contributed by atoms with Crippen LogP contribution in [0.2, 0.25) is 0 Å². The van der Waals surface area contributed by atoms with Crippen LogP contribution in [0.25, 0.3) is 11.3 Å². The Labute approximate surface area is 210 Å². The summed E-state index contributed by atoms with van der Waals surface area (Å²) in [6, 6.07) is 20.1. The monoisotopic (exact) mass is 487 g/mol. The number of imidazole rings is 1. The summed E-state index contributed by atoms with van der Waals surface area (Å²) < 4.78 is 27.4. The Morgan fingerprint density at radius 3 is 2.47 bits per heavy atom. The van der Waals surface area contributed by atoms with Gasteiger partial charge in [0.1, 0.15) is 17.4 Å². The highest BCUT2D eigenvalue weighted by atomic mass is 19.1. The van der Waals surface area contributed by atoms with Crippen molar-refractivity contribution < 1.29 is 13.9 Å². The molecule has 36 heavy (non-hydrogen) atoms. The SMILES string of the molecule is CCOc1cc(OC(C)C)c(F)c(N(Cc2nc(-c3ccccc3)c[nH]2)c2ccc(C(=N)N)cc2)c1. The Kier molecular flexibility index (Phi) is 7.53. The van der Waals surface area contributed by atoms with E-state index >= 15 is 4.39 Å². The molecule has 7 nitrogen and oxygen atoms in total. The molecule has 3 aromatic carbocycles. The lowest BCUT2D eigenvalue weighted by Gasteiger charge is -2.26. The average Bonchev–Trinajstić information content (AvgIpc) is 3.34. The van der Waals surface area contributed by atoms with Crippen LogP contribution in [0.4, 0.5) is 15.8 Å². The molecule has 0 bridgehead atoms. The van der Waals surface area contributed by atoms with E-state index in [1.165, 1.54) is 0 Å². The van der Waals surface area contributed by atoms with Crippen LogP contribution in [-0.2, 0) is 6.54 Å². The molecule has 0 saturated carbocycles. The van der Waals surface area contributed by atoms with Crippen molar-refractivity contribution in [3.63, 3.8) is 0 Å². The minimum absolute atomic E-state index is 0.0382. The van der Waals surface area contributed by atoms with Gasteiger partial charge in [-0.15, -0.1) is 0 Å². The first kappa shape index (κ1) is 24.8. The number of nitrogen functional groups attached to an aromatic ring is 1. The summed E-state index contributed by atoms with van der Waals surface area (Å²) in [5, 5.41) is 7.70. The minimum atomic E-state index is -0.502. The molecule has 0 atom stereocenters. The molecule has 4 aromatic rings. The van der Waals surface area contributed by atoms with Crippen LogP contribution in [-0.4, -0.2) is 28.5 Å². The van der Waals surface area contributed by atoms with Gasteiger partial charge in [0.25, 0.3) is 0 Å². The number of H-pyrrole nitrogens is 1. The maximum Gasteiger partial charge on any atom is 0.188 e. The van der Waals surface area contributed by atoms with Crippen molar-refractivity contribution in [1.82, 2.24) is 9.97 Å². The van der Waals surface area contributed by atoms with E-state index < -0.39 is 5.82 Å². The van der Waals surface area contributed by atoms with Crippen LogP contribution in [0.5, 0.6) is 11.5 Å². The molecule has 4 N–H and O–H groups in total. The number of hydrogen-bond acceptors (Lipinski definition) is 5. The standard InChI is InChI=1S/C28H30FN5O2/c1-4-35-22-14-24(27(29)25(15-22)36-18(2)3)34(21-12-10-20(11-13-21)28(30)31)17-26-32-16-23(33-26)19-8-6-5-7-9-19/h5-16,18H,4,17H2,1-3H3,(H3,30,31)(H,32,33). The lowest BCUT2D eigenvalue weighted by Crippen LogP contribution is -2.20. The summed E-state index contributed by atoms with van der Waals surface area (Å²) in [5.41, 5.74) is 8.97. The number of ether oxygens (including phenoxy) is 2. The van der Waals surface area contributed by atoms with Crippen molar-refractivity contribution in [2.75, 3.05) is 11.5 Å². The third-order valence-corrected chi connectivity index (χ3v) is 5.46. The fraction of sp³-hybridized carbons (Fsp3) is 0.214. The van der Waals surface area contributed by atoms with E-state index in [0.717, 1.165) is 11.3 Å². The number of aromatic nitrogens is 2. The van der Waals surface area contributed by atoms with E-state index in [4.69, 9.17) is 25.6 Å². The number of aromatic amines is 1. The van der Waals surface area contributed by atoms with Crippen molar-refractivity contribution in [2.45, 2.75) is 33.4 Å². The molecular formula is C28H30FN5O2. The van der Waals surface area contributed by atoms with Gasteiger partial charge in [-0.1, -0.05) is 30.3 Å². The van der Waals surface area contributed by atoms with Crippen LogP contribution < -0.4 is 20.1 Å². The van der Waals surface area contributed by atoms with Crippen LogP contribution in [0.15, 0.2) is 72.9 Å². The number of nitrogens with two attached hydrogens (primary N) is 1. The fourth-order valence-electron chi connectivity index (χ4n) is 3.83. The summed E-state index contributed by atoms with van der Waals surface area (Å²) >= 11 is 0. The molecule has 186 valence electrons. The van der Waals surface area contributed by atoms with Crippen LogP contribution in [0.3, 0.4) is 0 Å². The molecule has 0 saturated heterocycles. The van der Waals surface area contributed by atoms with E-state index in [2.05, 4.69) is 4.98 Å². The summed E-state index contributed by atoms with van der Waals surface area (Å²) in [6.45, 7) is 6.24. The van der Waals surface area contributed by atoms with Crippen molar-refractivity contribution in [3.05, 3.63) is 90.1 Å². The predicted octanol–water partition coefficient (Wildman–Crippen LogP) is 6.02. The Balaban J connectivity index is 1.79. The summed E-state index contributed by atoms with van der Waals surface area (Å²) in [4.78, 5) is 9.75. The molecule has 0 aliphatic heterocycles. The molecular weight excluding hydrogens is 457 g/mol. The quantitative estimate of drug-likeness (QED) is 0.187. The van der Waals surface area contributed by atoms with Crippen LogP contribution in [0.1, 0.15) is 32.2 Å².